The topological polar surface area (TPSA) is 62.1 Å². The van der Waals surface area contributed by atoms with E-state index in [-0.39, 0.29) is 0 Å². The van der Waals surface area contributed by atoms with E-state index in [0.717, 1.165) is 55.1 Å². The summed E-state index contributed by atoms with van der Waals surface area (Å²) in [5.41, 5.74) is 2.12. The van der Waals surface area contributed by atoms with Crippen LogP contribution in [0.25, 0.3) is 11.0 Å². The predicted molar refractivity (Wildman–Crippen MR) is 110 cm³/mol. The molecule has 4 rings (SSSR count). The first-order valence-electron chi connectivity index (χ1n) is 9.64. The molecule has 1 aliphatic heterocycles. The van der Waals surface area contributed by atoms with E-state index >= 15 is 0 Å². The second kappa shape index (κ2) is 7.52. The standard InChI is InChI=1S/C20H27N7/c1-4-15(2)27-8-7-16-13-22-20(24-19(16)27)23-18-6-5-17(14-21-18)26-11-9-25(3)10-12-26/h5-8,13-15H,4,9-12H2,1-3H3,(H,21,22,23,24). The van der Waals surface area contributed by atoms with Crippen molar-refractivity contribution in [1.82, 2.24) is 24.4 Å². The van der Waals surface area contributed by atoms with Gasteiger partial charge in [-0.25, -0.2) is 9.97 Å². The van der Waals surface area contributed by atoms with Gasteiger partial charge >= 0.3 is 0 Å². The SMILES string of the molecule is CCC(C)n1ccc2cnc(Nc3ccc(N4CCN(C)CC4)cn3)nc21. The van der Waals surface area contributed by atoms with Gasteiger partial charge in [-0.05, 0) is 38.6 Å². The molecule has 1 unspecified atom stereocenters. The fraction of sp³-hybridized carbons (Fsp3) is 0.450. The van der Waals surface area contributed by atoms with E-state index < -0.39 is 0 Å². The van der Waals surface area contributed by atoms with Crippen molar-refractivity contribution in [3.05, 3.63) is 36.8 Å². The fourth-order valence-corrected chi connectivity index (χ4v) is 3.38. The minimum absolute atomic E-state index is 0.409. The molecule has 7 nitrogen and oxygen atoms in total. The number of nitrogens with zero attached hydrogens (tertiary/aromatic N) is 6. The zero-order chi connectivity index (χ0) is 18.8. The van der Waals surface area contributed by atoms with E-state index in [4.69, 9.17) is 4.98 Å². The Morgan fingerprint density at radius 3 is 2.59 bits per heavy atom. The van der Waals surface area contributed by atoms with Crippen LogP contribution in [-0.2, 0) is 0 Å². The minimum atomic E-state index is 0.409. The first-order valence-corrected chi connectivity index (χ1v) is 9.64. The Hall–Kier alpha value is -2.67. The number of likely N-dealkylation sites (N-methyl/N-ethyl adjacent to an activating group) is 1. The summed E-state index contributed by atoms with van der Waals surface area (Å²) < 4.78 is 2.20. The Kier molecular flexibility index (Phi) is 4.94. The van der Waals surface area contributed by atoms with Gasteiger partial charge in [0.25, 0.3) is 0 Å². The van der Waals surface area contributed by atoms with E-state index in [1.165, 1.54) is 0 Å². The third-order valence-corrected chi connectivity index (χ3v) is 5.38. The monoisotopic (exact) mass is 365 g/mol. The number of piperazine rings is 1. The van der Waals surface area contributed by atoms with Crippen molar-refractivity contribution in [3.63, 3.8) is 0 Å². The summed E-state index contributed by atoms with van der Waals surface area (Å²) in [4.78, 5) is 18.4. The Morgan fingerprint density at radius 2 is 1.89 bits per heavy atom. The molecule has 0 bridgehead atoms. The van der Waals surface area contributed by atoms with E-state index in [0.29, 0.717) is 12.0 Å². The summed E-state index contributed by atoms with van der Waals surface area (Å²) in [6.45, 7) is 8.64. The van der Waals surface area contributed by atoms with Crippen LogP contribution in [0, 0.1) is 0 Å². The number of fused-ring (bicyclic) bond motifs is 1. The van der Waals surface area contributed by atoms with Crippen LogP contribution < -0.4 is 10.2 Å². The molecule has 3 aromatic heterocycles. The van der Waals surface area contributed by atoms with Gasteiger partial charge in [-0.15, -0.1) is 0 Å². The van der Waals surface area contributed by atoms with Crippen LogP contribution >= 0.6 is 0 Å². The molecule has 142 valence electrons. The number of nitrogens with one attached hydrogen (secondary N) is 1. The van der Waals surface area contributed by atoms with E-state index in [1.807, 2.05) is 18.5 Å². The Bertz CT molecular complexity index is 894. The van der Waals surface area contributed by atoms with Gasteiger partial charge in [0.05, 0.1) is 11.9 Å². The number of aromatic nitrogens is 4. The van der Waals surface area contributed by atoms with Crippen molar-refractivity contribution >= 4 is 28.5 Å². The number of hydrogen-bond acceptors (Lipinski definition) is 6. The van der Waals surface area contributed by atoms with E-state index in [1.54, 1.807) is 0 Å². The highest BCUT2D eigenvalue weighted by molar-refractivity contribution is 5.76. The average Bonchev–Trinajstić information content (AvgIpc) is 3.12. The second-order valence-corrected chi connectivity index (χ2v) is 7.27. The van der Waals surface area contributed by atoms with Crippen LogP contribution in [0.15, 0.2) is 36.8 Å². The highest BCUT2D eigenvalue weighted by Gasteiger charge is 2.15. The summed E-state index contributed by atoms with van der Waals surface area (Å²) >= 11 is 0. The van der Waals surface area contributed by atoms with Crippen molar-refractivity contribution < 1.29 is 0 Å². The van der Waals surface area contributed by atoms with Gasteiger partial charge in [-0.3, -0.25) is 0 Å². The third kappa shape index (κ3) is 3.73. The van der Waals surface area contributed by atoms with Crippen molar-refractivity contribution in [2.75, 3.05) is 43.4 Å². The molecular weight excluding hydrogens is 338 g/mol. The Balaban J connectivity index is 1.50. The lowest BCUT2D eigenvalue weighted by atomic mass is 10.2. The largest absolute Gasteiger partial charge is 0.368 e. The van der Waals surface area contributed by atoms with Crippen LogP contribution in [0.5, 0.6) is 0 Å². The molecule has 1 atom stereocenters. The summed E-state index contributed by atoms with van der Waals surface area (Å²) in [6, 6.07) is 6.58. The van der Waals surface area contributed by atoms with Crippen molar-refractivity contribution in [2.24, 2.45) is 0 Å². The first kappa shape index (κ1) is 17.7. The third-order valence-electron chi connectivity index (χ3n) is 5.38. The fourth-order valence-electron chi connectivity index (χ4n) is 3.38. The lowest BCUT2D eigenvalue weighted by Crippen LogP contribution is -2.44. The molecule has 1 N–H and O–H groups in total. The molecule has 0 spiro atoms. The van der Waals surface area contributed by atoms with Crippen LogP contribution in [0.1, 0.15) is 26.3 Å². The molecule has 1 saturated heterocycles. The molecule has 0 aromatic carbocycles. The number of rotatable bonds is 5. The molecule has 7 heteroatoms. The highest BCUT2D eigenvalue weighted by atomic mass is 15.3. The van der Waals surface area contributed by atoms with Crippen molar-refractivity contribution in [2.45, 2.75) is 26.3 Å². The van der Waals surface area contributed by atoms with Gasteiger partial charge < -0.3 is 19.7 Å². The van der Waals surface area contributed by atoms with Gasteiger partial charge in [0.15, 0.2) is 0 Å². The quantitative estimate of drug-likeness (QED) is 0.749. The molecule has 0 aliphatic carbocycles. The molecule has 1 aliphatic rings. The number of hydrogen-bond donors (Lipinski definition) is 1. The molecule has 1 fully saturated rings. The molecule has 0 radical (unpaired) electrons. The predicted octanol–water partition coefficient (Wildman–Crippen LogP) is 3.29. The van der Waals surface area contributed by atoms with Gasteiger partial charge in [0, 0.05) is 50.0 Å². The number of anilines is 3. The average molecular weight is 365 g/mol. The van der Waals surface area contributed by atoms with Gasteiger partial charge in [0.1, 0.15) is 11.5 Å². The minimum Gasteiger partial charge on any atom is -0.368 e. The zero-order valence-electron chi connectivity index (χ0n) is 16.3. The van der Waals surface area contributed by atoms with Crippen LogP contribution in [-0.4, -0.2) is 57.6 Å². The van der Waals surface area contributed by atoms with E-state index in [9.17, 15) is 0 Å². The normalized spacial score (nSPS) is 16.6. The highest BCUT2D eigenvalue weighted by Crippen LogP contribution is 2.22. The van der Waals surface area contributed by atoms with Crippen LogP contribution in [0.3, 0.4) is 0 Å². The maximum atomic E-state index is 4.70. The lowest BCUT2D eigenvalue weighted by Gasteiger charge is -2.33. The van der Waals surface area contributed by atoms with Crippen molar-refractivity contribution in [3.8, 4) is 0 Å². The van der Waals surface area contributed by atoms with Gasteiger partial charge in [-0.1, -0.05) is 6.92 Å². The zero-order valence-corrected chi connectivity index (χ0v) is 16.3. The molecule has 0 amide bonds. The smallest absolute Gasteiger partial charge is 0.230 e. The first-order chi connectivity index (χ1) is 13.1. The molecule has 4 heterocycles. The summed E-state index contributed by atoms with van der Waals surface area (Å²) in [5.74, 6) is 1.33. The number of pyridine rings is 1. The molecule has 3 aromatic rings. The van der Waals surface area contributed by atoms with Crippen LogP contribution in [0.2, 0.25) is 0 Å². The van der Waals surface area contributed by atoms with Crippen LogP contribution in [0.4, 0.5) is 17.5 Å². The maximum absolute atomic E-state index is 4.70. The summed E-state index contributed by atoms with van der Waals surface area (Å²) in [7, 11) is 2.16. The van der Waals surface area contributed by atoms with Gasteiger partial charge in [0.2, 0.25) is 5.95 Å². The van der Waals surface area contributed by atoms with Gasteiger partial charge in [-0.2, -0.15) is 4.98 Å². The summed E-state index contributed by atoms with van der Waals surface area (Å²) in [5, 5.41) is 4.29. The Labute approximate surface area is 160 Å². The maximum Gasteiger partial charge on any atom is 0.230 e. The Morgan fingerprint density at radius 1 is 1.07 bits per heavy atom. The molecular formula is C20H27N7. The lowest BCUT2D eigenvalue weighted by molar-refractivity contribution is 0.313. The molecule has 27 heavy (non-hydrogen) atoms. The molecule has 0 saturated carbocycles. The van der Waals surface area contributed by atoms with Crippen molar-refractivity contribution in [1.29, 1.82) is 0 Å². The summed E-state index contributed by atoms with van der Waals surface area (Å²) in [6.07, 6.45) is 6.93. The second-order valence-electron chi connectivity index (χ2n) is 7.27. The van der Waals surface area contributed by atoms with E-state index in [2.05, 4.69) is 68.9 Å².